The third-order valence-electron chi connectivity index (χ3n) is 4.87. The fourth-order valence-electron chi connectivity index (χ4n) is 3.26. The number of hydrogen-bond acceptors (Lipinski definition) is 5. The summed E-state index contributed by atoms with van der Waals surface area (Å²) in [4.78, 5) is 24.5. The molecule has 0 atom stereocenters. The molecule has 0 saturated heterocycles. The van der Waals surface area contributed by atoms with E-state index in [-0.39, 0.29) is 0 Å². The molecular weight excluding hydrogens is 340 g/mol. The van der Waals surface area contributed by atoms with E-state index in [0.29, 0.717) is 22.7 Å². The van der Waals surface area contributed by atoms with Crippen molar-refractivity contribution in [1.29, 1.82) is 0 Å². The molecular formula is C22H18N2O3. The van der Waals surface area contributed by atoms with Gasteiger partial charge in [0, 0.05) is 17.3 Å². The zero-order chi connectivity index (χ0) is 19.1. The minimum absolute atomic E-state index is 0.334. The van der Waals surface area contributed by atoms with Crippen molar-refractivity contribution in [3.05, 3.63) is 85.8 Å². The molecule has 0 aliphatic heterocycles. The Labute approximate surface area is 156 Å². The Hall–Kier alpha value is -3.47. The lowest BCUT2D eigenvalue weighted by Gasteiger charge is -2.17. The van der Waals surface area contributed by atoms with E-state index in [0.717, 1.165) is 27.8 Å². The molecule has 0 aliphatic rings. The molecule has 5 heteroatoms. The Morgan fingerprint density at radius 2 is 1.67 bits per heavy atom. The van der Waals surface area contributed by atoms with Gasteiger partial charge in [0.1, 0.15) is 5.69 Å². The van der Waals surface area contributed by atoms with Crippen LogP contribution in [0.15, 0.2) is 62.8 Å². The molecule has 0 radical (unpaired) electrons. The highest BCUT2D eigenvalue weighted by atomic mass is 16.5. The quantitative estimate of drug-likeness (QED) is 0.552. The van der Waals surface area contributed by atoms with Crippen molar-refractivity contribution in [3.8, 4) is 22.5 Å². The van der Waals surface area contributed by atoms with Gasteiger partial charge in [0.25, 0.3) is 5.43 Å². The lowest BCUT2D eigenvalue weighted by molar-refractivity contribution is 0.432. The molecule has 27 heavy (non-hydrogen) atoms. The molecule has 4 rings (SSSR count). The summed E-state index contributed by atoms with van der Waals surface area (Å²) in [5.41, 5.74) is 5.40. The molecule has 0 unspecified atom stereocenters. The monoisotopic (exact) mass is 358 g/mol. The molecule has 1 aromatic heterocycles. The van der Waals surface area contributed by atoms with Crippen molar-refractivity contribution in [2.75, 3.05) is 5.32 Å². The number of aryl methyl sites for hydroxylation is 3. The summed E-state index contributed by atoms with van der Waals surface area (Å²) in [5, 5.41) is 6.83. The largest absolute Gasteiger partial charge is 0.356 e. The van der Waals surface area contributed by atoms with Crippen LogP contribution in [0.3, 0.4) is 0 Å². The van der Waals surface area contributed by atoms with Gasteiger partial charge >= 0.3 is 0 Å². The van der Waals surface area contributed by atoms with Gasteiger partial charge in [-0.05, 0) is 55.2 Å². The predicted octanol–water partition coefficient (Wildman–Crippen LogP) is 4.27. The molecule has 3 aromatic carbocycles. The van der Waals surface area contributed by atoms with Crippen LogP contribution in [0, 0.1) is 20.8 Å². The van der Waals surface area contributed by atoms with Gasteiger partial charge in [-0.1, -0.05) is 29.4 Å². The van der Waals surface area contributed by atoms with E-state index in [9.17, 15) is 9.59 Å². The lowest BCUT2D eigenvalue weighted by atomic mass is 9.91. The average molecular weight is 358 g/mol. The zero-order valence-electron chi connectivity index (χ0n) is 15.3. The molecule has 1 heterocycles. The van der Waals surface area contributed by atoms with Crippen LogP contribution in [-0.2, 0) is 0 Å². The maximum Gasteiger partial charge on any atom is 0.250 e. The highest BCUT2D eigenvalue weighted by Gasteiger charge is 2.24. The van der Waals surface area contributed by atoms with E-state index in [1.807, 2.05) is 57.2 Å². The van der Waals surface area contributed by atoms with Crippen molar-refractivity contribution in [3.63, 3.8) is 0 Å². The SMILES string of the molecule is Cc1cc(C)c(-c2c(Nc3cccc(-c4ccno4)c3)c(=O)c2=O)cc1C. The predicted molar refractivity (Wildman–Crippen MR) is 106 cm³/mol. The average Bonchev–Trinajstić information content (AvgIpc) is 3.20. The van der Waals surface area contributed by atoms with Crippen LogP contribution < -0.4 is 16.2 Å². The summed E-state index contributed by atoms with van der Waals surface area (Å²) >= 11 is 0. The molecule has 0 spiro atoms. The van der Waals surface area contributed by atoms with Gasteiger partial charge in [-0.2, -0.15) is 0 Å². The van der Waals surface area contributed by atoms with Crippen molar-refractivity contribution < 1.29 is 4.52 Å². The van der Waals surface area contributed by atoms with E-state index in [4.69, 9.17) is 4.52 Å². The molecule has 0 aliphatic carbocycles. The number of rotatable bonds is 4. The van der Waals surface area contributed by atoms with Gasteiger partial charge in [-0.3, -0.25) is 9.59 Å². The fourth-order valence-corrected chi connectivity index (χ4v) is 3.26. The lowest BCUT2D eigenvalue weighted by Crippen LogP contribution is -2.35. The molecule has 0 saturated carbocycles. The molecule has 134 valence electrons. The molecule has 5 nitrogen and oxygen atoms in total. The number of nitrogens with one attached hydrogen (secondary N) is 1. The normalized spacial score (nSPS) is 11.1. The van der Waals surface area contributed by atoms with Gasteiger partial charge in [-0.15, -0.1) is 0 Å². The van der Waals surface area contributed by atoms with Crippen molar-refractivity contribution in [1.82, 2.24) is 5.16 Å². The number of benzene rings is 2. The molecule has 1 N–H and O–H groups in total. The maximum absolute atomic E-state index is 12.3. The van der Waals surface area contributed by atoms with Crippen LogP contribution in [0.25, 0.3) is 22.5 Å². The van der Waals surface area contributed by atoms with Crippen LogP contribution >= 0.6 is 0 Å². The molecule has 0 amide bonds. The fraction of sp³-hybridized carbons (Fsp3) is 0.136. The van der Waals surface area contributed by atoms with Crippen molar-refractivity contribution in [2.24, 2.45) is 0 Å². The first-order valence-electron chi connectivity index (χ1n) is 8.65. The van der Waals surface area contributed by atoms with Crippen LogP contribution in [0.4, 0.5) is 11.4 Å². The molecule has 0 fully saturated rings. The van der Waals surface area contributed by atoms with Crippen molar-refractivity contribution in [2.45, 2.75) is 20.8 Å². The second-order valence-corrected chi connectivity index (χ2v) is 6.74. The number of anilines is 2. The van der Waals surface area contributed by atoms with Crippen molar-refractivity contribution >= 4 is 11.4 Å². The topological polar surface area (TPSA) is 72.2 Å². The van der Waals surface area contributed by atoms with Crippen LogP contribution in [0.2, 0.25) is 0 Å². The second-order valence-electron chi connectivity index (χ2n) is 6.74. The third-order valence-corrected chi connectivity index (χ3v) is 4.87. The van der Waals surface area contributed by atoms with E-state index < -0.39 is 10.9 Å². The minimum atomic E-state index is -0.493. The van der Waals surface area contributed by atoms with Gasteiger partial charge in [0.15, 0.2) is 5.76 Å². The van der Waals surface area contributed by atoms with Gasteiger partial charge in [0.2, 0.25) is 5.43 Å². The van der Waals surface area contributed by atoms with E-state index in [1.165, 1.54) is 0 Å². The van der Waals surface area contributed by atoms with Crippen LogP contribution in [0.5, 0.6) is 0 Å². The Morgan fingerprint density at radius 1 is 0.889 bits per heavy atom. The summed E-state index contributed by atoms with van der Waals surface area (Å²) in [6, 6.07) is 13.2. The molecule has 4 aromatic rings. The van der Waals surface area contributed by atoms with Gasteiger partial charge in [0.05, 0.1) is 11.8 Å². The van der Waals surface area contributed by atoms with Gasteiger partial charge < -0.3 is 9.84 Å². The molecule has 0 bridgehead atoms. The summed E-state index contributed by atoms with van der Waals surface area (Å²) in [6.45, 7) is 5.98. The highest BCUT2D eigenvalue weighted by Crippen LogP contribution is 2.31. The first kappa shape index (κ1) is 17.0. The van der Waals surface area contributed by atoms with Crippen LogP contribution in [-0.4, -0.2) is 5.16 Å². The first-order valence-corrected chi connectivity index (χ1v) is 8.65. The maximum atomic E-state index is 12.3. The standard InChI is InChI=1S/C22H18N2O3/c1-12-9-14(3)17(10-13(12)2)19-20(22(26)21(19)25)24-16-6-4-5-15(11-16)18-7-8-23-27-18/h4-11,24H,1-3H3. The Morgan fingerprint density at radius 3 is 2.41 bits per heavy atom. The van der Waals surface area contributed by atoms with E-state index in [1.54, 1.807) is 12.3 Å². The second kappa shape index (κ2) is 6.36. The summed E-state index contributed by atoms with van der Waals surface area (Å²) < 4.78 is 5.18. The summed E-state index contributed by atoms with van der Waals surface area (Å²) in [6.07, 6.45) is 1.58. The summed E-state index contributed by atoms with van der Waals surface area (Å²) in [7, 11) is 0. The minimum Gasteiger partial charge on any atom is -0.356 e. The number of aromatic nitrogens is 1. The summed E-state index contributed by atoms with van der Waals surface area (Å²) in [5.74, 6) is 0.633. The first-order chi connectivity index (χ1) is 13.0. The Balaban J connectivity index is 1.75. The van der Waals surface area contributed by atoms with E-state index in [2.05, 4.69) is 10.5 Å². The Kier molecular flexibility index (Phi) is 4.00. The van der Waals surface area contributed by atoms with Gasteiger partial charge in [-0.25, -0.2) is 0 Å². The highest BCUT2D eigenvalue weighted by molar-refractivity contribution is 5.87. The van der Waals surface area contributed by atoms with E-state index >= 15 is 0 Å². The smallest absolute Gasteiger partial charge is 0.250 e. The number of hydrogen-bond donors (Lipinski definition) is 1. The zero-order valence-corrected chi connectivity index (χ0v) is 15.3. The Bertz CT molecular complexity index is 1210. The number of nitrogens with zero attached hydrogens (tertiary/aromatic N) is 1. The third kappa shape index (κ3) is 2.87. The van der Waals surface area contributed by atoms with Crippen LogP contribution in [0.1, 0.15) is 16.7 Å².